The number of nitrogens with one attached hydrogen (secondary N) is 1. The van der Waals surface area contributed by atoms with E-state index in [1.54, 1.807) is 17.8 Å². The molecule has 0 radical (unpaired) electrons. The number of nitrogens with zero attached hydrogens (tertiary/aromatic N) is 2. The summed E-state index contributed by atoms with van der Waals surface area (Å²) in [4.78, 5) is 19.0. The number of amidine groups is 1. The van der Waals surface area contributed by atoms with Crippen LogP contribution in [0.1, 0.15) is 31.7 Å². The minimum absolute atomic E-state index is 0.0270. The number of amides is 1. The van der Waals surface area contributed by atoms with Crippen molar-refractivity contribution in [2.45, 2.75) is 32.2 Å². The van der Waals surface area contributed by atoms with Crippen LogP contribution in [0.2, 0.25) is 5.02 Å². The van der Waals surface area contributed by atoms with Crippen LogP contribution in [0, 0.1) is 5.82 Å². The predicted molar refractivity (Wildman–Crippen MR) is 116 cm³/mol. The maximum atomic E-state index is 13.3. The molecule has 1 atom stereocenters. The highest BCUT2D eigenvalue weighted by atomic mass is 35.5. The third kappa shape index (κ3) is 5.06. The van der Waals surface area contributed by atoms with E-state index in [9.17, 15) is 9.18 Å². The van der Waals surface area contributed by atoms with Crippen LogP contribution in [0.5, 0.6) is 0 Å². The lowest BCUT2D eigenvalue weighted by Crippen LogP contribution is -2.33. The minimum atomic E-state index is -0.464. The number of carbonyl (C=O) groups is 1. The van der Waals surface area contributed by atoms with Crippen molar-refractivity contribution in [3.05, 3.63) is 58.9 Å². The second kappa shape index (κ2) is 8.97. The molecule has 0 spiro atoms. The Hall–Kier alpha value is -2.05. The quantitative estimate of drug-likeness (QED) is 0.679. The van der Waals surface area contributed by atoms with Gasteiger partial charge in [-0.15, -0.1) is 0 Å². The molecule has 2 aromatic carbocycles. The van der Waals surface area contributed by atoms with Gasteiger partial charge in [0, 0.05) is 31.0 Å². The van der Waals surface area contributed by atoms with E-state index in [1.807, 2.05) is 36.2 Å². The van der Waals surface area contributed by atoms with E-state index in [1.165, 1.54) is 17.7 Å². The van der Waals surface area contributed by atoms with E-state index in [0.29, 0.717) is 18.0 Å². The SMILES string of the molecule is CC(C)c1ccc(NC(=O)CC2CSC(=Nc3ccc(F)c(Cl)c3)N2C)cc1. The van der Waals surface area contributed by atoms with Crippen LogP contribution in [-0.4, -0.2) is 34.8 Å². The summed E-state index contributed by atoms with van der Waals surface area (Å²) in [7, 11) is 1.92. The fraction of sp³-hybridized carbons (Fsp3) is 0.333. The van der Waals surface area contributed by atoms with Crippen molar-refractivity contribution in [2.24, 2.45) is 4.99 Å². The van der Waals surface area contributed by atoms with Gasteiger partial charge in [-0.05, 0) is 41.8 Å². The average Bonchev–Trinajstić information content (AvgIpc) is 2.98. The number of hydrogen-bond donors (Lipinski definition) is 1. The summed E-state index contributed by atoms with van der Waals surface area (Å²) in [5.74, 6) is 0.738. The van der Waals surface area contributed by atoms with Gasteiger partial charge in [-0.2, -0.15) is 0 Å². The first-order chi connectivity index (χ1) is 13.3. The molecular weight excluding hydrogens is 397 g/mol. The highest BCUT2D eigenvalue weighted by Gasteiger charge is 2.29. The number of hydrogen-bond acceptors (Lipinski definition) is 3. The molecule has 4 nitrogen and oxygen atoms in total. The molecule has 1 unspecified atom stereocenters. The molecule has 0 saturated carbocycles. The predicted octanol–water partition coefficient (Wildman–Crippen LogP) is 5.67. The molecule has 7 heteroatoms. The Morgan fingerprint density at radius 2 is 2.04 bits per heavy atom. The van der Waals surface area contributed by atoms with Gasteiger partial charge in [0.05, 0.1) is 10.7 Å². The number of carbonyl (C=O) groups excluding carboxylic acids is 1. The van der Waals surface area contributed by atoms with E-state index < -0.39 is 5.82 Å². The zero-order chi connectivity index (χ0) is 20.3. The van der Waals surface area contributed by atoms with Crippen LogP contribution in [0.4, 0.5) is 15.8 Å². The third-order valence-electron chi connectivity index (χ3n) is 4.66. The number of anilines is 1. The molecule has 1 aliphatic heterocycles. The van der Waals surface area contributed by atoms with Crippen molar-refractivity contribution in [3.63, 3.8) is 0 Å². The van der Waals surface area contributed by atoms with Crippen LogP contribution in [0.25, 0.3) is 0 Å². The van der Waals surface area contributed by atoms with Gasteiger partial charge in [-0.3, -0.25) is 4.79 Å². The number of benzene rings is 2. The molecule has 1 aliphatic rings. The normalized spacial score (nSPS) is 18.1. The fourth-order valence-corrected chi connectivity index (χ4v) is 4.27. The molecular formula is C21H23ClFN3OS. The average molecular weight is 420 g/mol. The summed E-state index contributed by atoms with van der Waals surface area (Å²) in [6.45, 7) is 4.28. The maximum absolute atomic E-state index is 13.3. The Morgan fingerprint density at radius 1 is 1.32 bits per heavy atom. The van der Waals surface area contributed by atoms with E-state index >= 15 is 0 Å². The number of thioether (sulfide) groups is 1. The van der Waals surface area contributed by atoms with Crippen molar-refractivity contribution in [1.29, 1.82) is 0 Å². The summed E-state index contributed by atoms with van der Waals surface area (Å²) in [6, 6.07) is 12.4. The molecule has 1 fully saturated rings. The van der Waals surface area contributed by atoms with Crippen LogP contribution >= 0.6 is 23.4 Å². The first kappa shape index (κ1) is 20.7. The number of aliphatic imine (C=N–C) groups is 1. The standard InChI is InChI=1S/C21H23ClFN3OS/c1-13(2)14-4-6-15(7-5-14)24-20(27)11-17-12-28-21(26(17)3)25-16-8-9-19(23)18(22)10-16/h4-10,13,17H,11-12H2,1-3H3,(H,24,27). The van der Waals surface area contributed by atoms with Gasteiger partial charge >= 0.3 is 0 Å². The smallest absolute Gasteiger partial charge is 0.226 e. The van der Waals surface area contributed by atoms with Crippen molar-refractivity contribution >= 4 is 45.8 Å². The molecule has 1 N–H and O–H groups in total. The largest absolute Gasteiger partial charge is 0.350 e. The second-order valence-corrected chi connectivity index (χ2v) is 8.49. The van der Waals surface area contributed by atoms with Gasteiger partial charge in [0.25, 0.3) is 0 Å². The Bertz CT molecular complexity index is 886. The summed E-state index contributed by atoms with van der Waals surface area (Å²) in [6.07, 6.45) is 0.374. The summed E-state index contributed by atoms with van der Waals surface area (Å²) in [5.41, 5.74) is 2.64. The van der Waals surface area contributed by atoms with E-state index in [0.717, 1.165) is 16.6 Å². The van der Waals surface area contributed by atoms with Crippen molar-refractivity contribution in [1.82, 2.24) is 4.90 Å². The topological polar surface area (TPSA) is 44.7 Å². The lowest BCUT2D eigenvalue weighted by Gasteiger charge is -2.20. The van der Waals surface area contributed by atoms with Gasteiger partial charge in [0.15, 0.2) is 5.17 Å². The van der Waals surface area contributed by atoms with Crippen LogP contribution < -0.4 is 5.32 Å². The van der Waals surface area contributed by atoms with E-state index in [-0.39, 0.29) is 17.0 Å². The first-order valence-corrected chi connectivity index (χ1v) is 10.5. The van der Waals surface area contributed by atoms with Crippen molar-refractivity contribution in [2.75, 3.05) is 18.1 Å². The Labute approximate surface area is 174 Å². The highest BCUT2D eigenvalue weighted by molar-refractivity contribution is 8.14. The van der Waals surface area contributed by atoms with Crippen molar-refractivity contribution < 1.29 is 9.18 Å². The number of rotatable bonds is 5. The third-order valence-corrected chi connectivity index (χ3v) is 6.14. The zero-order valence-electron chi connectivity index (χ0n) is 16.1. The Balaban J connectivity index is 1.59. The van der Waals surface area contributed by atoms with Gasteiger partial charge < -0.3 is 10.2 Å². The van der Waals surface area contributed by atoms with E-state index in [4.69, 9.17) is 11.6 Å². The molecule has 0 aromatic heterocycles. The molecule has 148 valence electrons. The van der Waals surface area contributed by atoms with Gasteiger partial charge in [0.2, 0.25) is 5.91 Å². The molecule has 1 amide bonds. The number of halogens is 2. The minimum Gasteiger partial charge on any atom is -0.350 e. The Morgan fingerprint density at radius 3 is 2.68 bits per heavy atom. The van der Waals surface area contributed by atoms with Crippen molar-refractivity contribution in [3.8, 4) is 0 Å². The first-order valence-electron chi connectivity index (χ1n) is 9.12. The van der Waals surface area contributed by atoms with Crippen LogP contribution in [0.15, 0.2) is 47.5 Å². The lowest BCUT2D eigenvalue weighted by molar-refractivity contribution is -0.116. The zero-order valence-corrected chi connectivity index (χ0v) is 17.6. The lowest BCUT2D eigenvalue weighted by atomic mass is 10.0. The molecule has 2 aromatic rings. The highest BCUT2D eigenvalue weighted by Crippen LogP contribution is 2.29. The van der Waals surface area contributed by atoms with Gasteiger partial charge in [-0.1, -0.05) is 49.3 Å². The maximum Gasteiger partial charge on any atom is 0.226 e. The van der Waals surface area contributed by atoms with E-state index in [2.05, 4.69) is 24.2 Å². The molecule has 1 heterocycles. The monoisotopic (exact) mass is 419 g/mol. The van der Waals surface area contributed by atoms with Gasteiger partial charge in [-0.25, -0.2) is 9.38 Å². The molecule has 0 aliphatic carbocycles. The molecule has 28 heavy (non-hydrogen) atoms. The molecule has 0 bridgehead atoms. The van der Waals surface area contributed by atoms with Crippen LogP contribution in [-0.2, 0) is 4.79 Å². The summed E-state index contributed by atoms with van der Waals surface area (Å²) in [5, 5.41) is 3.80. The van der Waals surface area contributed by atoms with Gasteiger partial charge in [0.1, 0.15) is 5.82 Å². The second-order valence-electron chi connectivity index (χ2n) is 7.10. The fourth-order valence-electron chi connectivity index (χ4n) is 2.89. The molecule has 3 rings (SSSR count). The summed E-state index contributed by atoms with van der Waals surface area (Å²) < 4.78 is 13.3. The Kier molecular flexibility index (Phi) is 6.62. The van der Waals surface area contributed by atoms with Crippen LogP contribution in [0.3, 0.4) is 0 Å². The molecule has 1 saturated heterocycles. The summed E-state index contributed by atoms with van der Waals surface area (Å²) >= 11 is 7.40.